The second-order valence-electron chi connectivity index (χ2n) is 12.9. The summed E-state index contributed by atoms with van der Waals surface area (Å²) in [4.78, 5) is 62.5. The summed E-state index contributed by atoms with van der Waals surface area (Å²) in [7, 11) is 0. The van der Waals surface area contributed by atoms with E-state index in [2.05, 4.69) is 0 Å². The summed E-state index contributed by atoms with van der Waals surface area (Å²) in [5.41, 5.74) is 2.72. The molecule has 0 amide bonds. The van der Waals surface area contributed by atoms with Gasteiger partial charge in [-0.1, -0.05) is 91.0 Å². The maximum atomic E-state index is 14.1. The van der Waals surface area contributed by atoms with E-state index in [-0.39, 0.29) is 42.6 Å². The number of ether oxygens (including phenoxy) is 9. The van der Waals surface area contributed by atoms with Gasteiger partial charge in [-0.05, 0) is 28.8 Å². The lowest BCUT2D eigenvalue weighted by molar-refractivity contribution is -0.305. The Kier molecular flexibility index (Phi) is 15.1. The fourth-order valence-electron chi connectivity index (χ4n) is 5.86. The van der Waals surface area contributed by atoms with Crippen LogP contribution in [0.4, 0.5) is 0 Å². The zero-order valence-corrected chi connectivity index (χ0v) is 32.0. The Bertz CT molecular complexity index is 1900. The van der Waals surface area contributed by atoms with Crippen molar-refractivity contribution in [3.05, 3.63) is 125 Å². The first-order valence-corrected chi connectivity index (χ1v) is 18.1. The van der Waals surface area contributed by atoms with Gasteiger partial charge in [0.2, 0.25) is 5.75 Å². The van der Waals surface area contributed by atoms with Gasteiger partial charge in [-0.25, -0.2) is 0 Å². The number of hydrogen-bond acceptors (Lipinski definition) is 14. The summed E-state index contributed by atoms with van der Waals surface area (Å²) >= 11 is 0. The van der Waals surface area contributed by atoms with Crippen molar-refractivity contribution in [1.82, 2.24) is 0 Å². The van der Waals surface area contributed by atoms with Crippen LogP contribution in [0, 0.1) is 0 Å². The number of Topliss-reactive ketones (excluding diaryl/α,β-unsaturated/α-hetero) is 1. The van der Waals surface area contributed by atoms with E-state index >= 15 is 0 Å². The Labute approximate surface area is 329 Å². The van der Waals surface area contributed by atoms with Crippen LogP contribution in [-0.4, -0.2) is 73.6 Å². The van der Waals surface area contributed by atoms with Crippen molar-refractivity contribution in [3.8, 4) is 17.2 Å². The lowest BCUT2D eigenvalue weighted by atomic mass is 9.98. The molecule has 4 aromatic rings. The largest absolute Gasteiger partial charge is 0.485 e. The molecule has 1 aliphatic rings. The number of rotatable bonds is 18. The Balaban J connectivity index is 1.48. The van der Waals surface area contributed by atoms with E-state index in [0.717, 1.165) is 44.4 Å². The third-order valence-electron chi connectivity index (χ3n) is 8.37. The van der Waals surface area contributed by atoms with Crippen LogP contribution >= 0.6 is 0 Å². The highest BCUT2D eigenvalue weighted by Gasteiger charge is 2.53. The fraction of sp³-hybridized carbons (Fsp3) is 0.326. The predicted octanol–water partition coefficient (Wildman–Crippen LogP) is 5.71. The van der Waals surface area contributed by atoms with Crippen molar-refractivity contribution in [3.63, 3.8) is 0 Å². The Morgan fingerprint density at radius 2 is 0.982 bits per heavy atom. The maximum Gasteiger partial charge on any atom is 0.303 e. The van der Waals surface area contributed by atoms with Crippen LogP contribution < -0.4 is 14.2 Å². The highest BCUT2D eigenvalue weighted by atomic mass is 16.7. The van der Waals surface area contributed by atoms with Crippen molar-refractivity contribution in [1.29, 1.82) is 0 Å². The molecular formula is C43H44O14. The molecule has 14 nitrogen and oxygen atoms in total. The lowest BCUT2D eigenvalue weighted by Gasteiger charge is -2.43. The molecule has 4 aromatic carbocycles. The minimum Gasteiger partial charge on any atom is -0.485 e. The van der Waals surface area contributed by atoms with E-state index in [4.69, 9.17) is 42.6 Å². The van der Waals surface area contributed by atoms with Crippen LogP contribution in [0.2, 0.25) is 0 Å². The molecule has 5 atom stereocenters. The quantitative estimate of drug-likeness (QED) is 0.0684. The van der Waals surface area contributed by atoms with Gasteiger partial charge in [-0.2, -0.15) is 0 Å². The molecular weight excluding hydrogens is 740 g/mol. The molecule has 14 heteroatoms. The smallest absolute Gasteiger partial charge is 0.303 e. The van der Waals surface area contributed by atoms with E-state index in [1.165, 1.54) is 12.1 Å². The molecule has 0 spiro atoms. The molecule has 57 heavy (non-hydrogen) atoms. The summed E-state index contributed by atoms with van der Waals surface area (Å²) in [5, 5.41) is 0. The van der Waals surface area contributed by atoms with Crippen LogP contribution in [0.15, 0.2) is 103 Å². The highest BCUT2D eigenvalue weighted by Crippen LogP contribution is 2.41. The molecule has 1 heterocycles. The van der Waals surface area contributed by atoms with Crippen molar-refractivity contribution in [2.75, 3.05) is 13.2 Å². The molecule has 0 aliphatic carbocycles. The minimum absolute atomic E-state index is 0.110. The summed E-state index contributed by atoms with van der Waals surface area (Å²) in [5.74, 6) is -2.95. The Hall–Kier alpha value is -6.25. The normalized spacial score (nSPS) is 18.7. The third kappa shape index (κ3) is 12.6. The summed E-state index contributed by atoms with van der Waals surface area (Å²) in [6, 6.07) is 31.4. The van der Waals surface area contributed by atoms with Gasteiger partial charge in [0.05, 0.1) is 0 Å². The number of ketones is 1. The van der Waals surface area contributed by atoms with Crippen LogP contribution in [0.3, 0.4) is 0 Å². The standard InChI is InChI=1S/C43H44O14/c1-27(44)49-26-38-40(54-28(2)45)41(55-29(3)46)42(56-30(4)47)43(57-38)53-25-35(48)34-20-36(50-22-31-14-8-5-9-15-31)39(52-24-33-18-12-7-13-19-33)37(21-34)51-23-32-16-10-6-11-17-32/h5-21,38,40-43H,22-26H2,1-4H3/t38-,40-,41+,42-,43-/m1/s1. The minimum atomic E-state index is -1.56. The molecule has 1 fully saturated rings. The number of carbonyl (C=O) groups is 5. The predicted molar refractivity (Wildman–Crippen MR) is 201 cm³/mol. The van der Waals surface area contributed by atoms with Crippen molar-refractivity contribution >= 4 is 29.7 Å². The maximum absolute atomic E-state index is 14.1. The van der Waals surface area contributed by atoms with Crippen molar-refractivity contribution in [2.45, 2.75) is 78.2 Å². The Morgan fingerprint density at radius 3 is 1.44 bits per heavy atom. The first-order chi connectivity index (χ1) is 27.5. The Morgan fingerprint density at radius 1 is 0.544 bits per heavy atom. The first kappa shape index (κ1) is 41.9. The molecule has 300 valence electrons. The van der Waals surface area contributed by atoms with Crippen LogP contribution in [-0.2, 0) is 67.4 Å². The molecule has 1 saturated heterocycles. The van der Waals surface area contributed by atoms with Gasteiger partial charge < -0.3 is 42.6 Å². The van der Waals surface area contributed by atoms with Crippen LogP contribution in [0.5, 0.6) is 17.2 Å². The van der Waals surface area contributed by atoms with Gasteiger partial charge in [0.1, 0.15) is 39.1 Å². The van der Waals surface area contributed by atoms with Crippen LogP contribution in [0.1, 0.15) is 54.7 Å². The van der Waals surface area contributed by atoms with E-state index < -0.39 is 73.6 Å². The lowest BCUT2D eigenvalue weighted by Crippen LogP contribution is -2.63. The second-order valence-corrected chi connectivity index (χ2v) is 12.9. The number of esters is 4. The van der Waals surface area contributed by atoms with Gasteiger partial charge in [0.25, 0.3) is 0 Å². The average molecular weight is 785 g/mol. The molecule has 0 N–H and O–H groups in total. The van der Waals surface area contributed by atoms with E-state index in [9.17, 15) is 24.0 Å². The zero-order valence-electron chi connectivity index (χ0n) is 32.0. The van der Waals surface area contributed by atoms with Gasteiger partial charge in [0, 0.05) is 33.3 Å². The van der Waals surface area contributed by atoms with Gasteiger partial charge in [-0.3, -0.25) is 24.0 Å². The zero-order chi connectivity index (χ0) is 40.7. The average Bonchev–Trinajstić information content (AvgIpc) is 3.19. The second kappa shape index (κ2) is 20.6. The first-order valence-electron chi connectivity index (χ1n) is 18.1. The van der Waals surface area contributed by atoms with Crippen molar-refractivity contribution < 1.29 is 66.6 Å². The number of benzene rings is 4. The molecule has 1 aliphatic heterocycles. The number of hydrogen-bond donors (Lipinski definition) is 0. The fourth-order valence-corrected chi connectivity index (χ4v) is 5.86. The molecule has 0 aromatic heterocycles. The third-order valence-corrected chi connectivity index (χ3v) is 8.37. The SMILES string of the molecule is CC(=O)OC[C@H]1O[C@@H](OCC(=O)c2cc(OCc3ccccc3)c(OCc3ccccc3)c(OCc3ccccc3)c2)[C@H](OC(C)=O)[C@@H](OC(C)=O)[C@@H]1OC(C)=O. The highest BCUT2D eigenvalue weighted by molar-refractivity contribution is 5.98. The number of carbonyl (C=O) groups excluding carboxylic acids is 5. The monoisotopic (exact) mass is 784 g/mol. The van der Waals surface area contributed by atoms with E-state index in [1.54, 1.807) is 0 Å². The molecule has 0 saturated carbocycles. The van der Waals surface area contributed by atoms with Gasteiger partial charge in [-0.15, -0.1) is 0 Å². The van der Waals surface area contributed by atoms with E-state index in [1.807, 2.05) is 91.0 Å². The topological polar surface area (TPSA) is 168 Å². The van der Waals surface area contributed by atoms with E-state index in [0.29, 0.717) is 0 Å². The molecule has 0 bridgehead atoms. The van der Waals surface area contributed by atoms with Gasteiger partial charge >= 0.3 is 23.9 Å². The summed E-state index contributed by atoms with van der Waals surface area (Å²) in [6.45, 7) is 3.82. The van der Waals surface area contributed by atoms with Crippen molar-refractivity contribution in [2.24, 2.45) is 0 Å². The summed E-state index contributed by atoms with van der Waals surface area (Å²) < 4.78 is 52.4. The summed E-state index contributed by atoms with van der Waals surface area (Å²) in [6.07, 6.45) is -7.19. The molecule has 0 unspecified atom stereocenters. The molecule has 0 radical (unpaired) electrons. The van der Waals surface area contributed by atoms with Gasteiger partial charge in [0.15, 0.2) is 41.9 Å². The molecule has 5 rings (SSSR count). The van der Waals surface area contributed by atoms with Crippen LogP contribution in [0.25, 0.3) is 0 Å².